The van der Waals surface area contributed by atoms with Gasteiger partial charge in [0.2, 0.25) is 0 Å². The topological polar surface area (TPSA) is 52.6 Å². The Labute approximate surface area is 139 Å². The summed E-state index contributed by atoms with van der Waals surface area (Å²) in [6, 6.07) is 9.43. The Morgan fingerprint density at radius 1 is 1.29 bits per heavy atom. The zero-order valence-corrected chi connectivity index (χ0v) is 14.1. The van der Waals surface area contributed by atoms with Gasteiger partial charge in [-0.25, -0.2) is 4.79 Å². The van der Waals surface area contributed by atoms with Crippen molar-refractivity contribution in [3.05, 3.63) is 33.4 Å². The van der Waals surface area contributed by atoms with Crippen LogP contribution in [0.5, 0.6) is 0 Å². The monoisotopic (exact) mass is 400 g/mol. The molecule has 0 aromatic heterocycles. The second kappa shape index (κ2) is 6.52. The number of halogens is 1. The summed E-state index contributed by atoms with van der Waals surface area (Å²) in [4.78, 5) is 12.4. The largest absolute Gasteiger partial charge is 0.465 e. The first kappa shape index (κ1) is 15.1. The Hall–Kier alpha value is -0.820. The van der Waals surface area contributed by atoms with Gasteiger partial charge in [-0.15, -0.1) is 0 Å². The van der Waals surface area contributed by atoms with Crippen molar-refractivity contribution in [3.8, 4) is 0 Å². The highest BCUT2D eigenvalue weighted by atomic mass is 127. The van der Waals surface area contributed by atoms with Crippen molar-refractivity contribution < 1.29 is 9.90 Å². The number of carboxylic acid groups (broad SMARTS) is 1. The third-order valence-electron chi connectivity index (χ3n) is 4.64. The van der Waals surface area contributed by atoms with Crippen LogP contribution in [0.25, 0.3) is 0 Å². The van der Waals surface area contributed by atoms with E-state index in [-0.39, 0.29) is 0 Å². The maximum Gasteiger partial charge on any atom is 0.407 e. The van der Waals surface area contributed by atoms with Crippen LogP contribution in [0.3, 0.4) is 0 Å². The Balaban J connectivity index is 1.40. The van der Waals surface area contributed by atoms with E-state index in [1.54, 1.807) is 0 Å². The molecule has 1 aromatic rings. The molecule has 1 saturated carbocycles. The fourth-order valence-electron chi connectivity index (χ4n) is 3.15. The van der Waals surface area contributed by atoms with Gasteiger partial charge in [0, 0.05) is 28.6 Å². The van der Waals surface area contributed by atoms with Crippen LogP contribution in [-0.4, -0.2) is 41.8 Å². The van der Waals surface area contributed by atoms with Crippen LogP contribution in [0.1, 0.15) is 30.7 Å². The summed E-state index contributed by atoms with van der Waals surface area (Å²) in [6.07, 6.45) is 2.43. The molecule has 0 spiro atoms. The molecule has 2 unspecified atom stereocenters. The number of piperidine rings is 1. The fraction of sp³-hybridized carbons (Fsp3) is 0.562. The number of benzene rings is 1. The summed E-state index contributed by atoms with van der Waals surface area (Å²) in [5, 5.41) is 12.6. The highest BCUT2D eigenvalue weighted by molar-refractivity contribution is 14.1. The van der Waals surface area contributed by atoms with Gasteiger partial charge in [-0.05, 0) is 72.0 Å². The van der Waals surface area contributed by atoms with E-state index in [2.05, 4.69) is 52.2 Å². The minimum absolute atomic E-state index is 0.613. The average Bonchev–Trinajstić information content (AvgIpc) is 3.26. The average molecular weight is 400 g/mol. The number of nitrogens with one attached hydrogen (secondary N) is 1. The predicted molar refractivity (Wildman–Crippen MR) is 90.6 cm³/mol. The number of likely N-dealkylation sites (tertiary alicyclic amines) is 1. The highest BCUT2D eigenvalue weighted by Gasteiger charge is 2.38. The third-order valence-corrected chi connectivity index (χ3v) is 5.36. The minimum atomic E-state index is -0.776. The van der Waals surface area contributed by atoms with E-state index in [0.29, 0.717) is 31.0 Å². The summed E-state index contributed by atoms with van der Waals surface area (Å²) >= 11 is 2.34. The summed E-state index contributed by atoms with van der Waals surface area (Å²) in [5.41, 5.74) is 1.44. The molecule has 2 fully saturated rings. The summed E-state index contributed by atoms with van der Waals surface area (Å²) < 4.78 is 1.28. The number of amides is 1. The van der Waals surface area contributed by atoms with Gasteiger partial charge in [-0.2, -0.15) is 0 Å². The van der Waals surface area contributed by atoms with Crippen LogP contribution in [0.2, 0.25) is 0 Å². The normalized spacial score (nSPS) is 25.9. The quantitative estimate of drug-likeness (QED) is 0.764. The third kappa shape index (κ3) is 3.88. The number of hydrogen-bond acceptors (Lipinski definition) is 2. The van der Waals surface area contributed by atoms with Gasteiger partial charge in [0.05, 0.1) is 0 Å². The molecule has 2 atom stereocenters. The van der Waals surface area contributed by atoms with E-state index in [4.69, 9.17) is 5.11 Å². The Kier molecular flexibility index (Phi) is 4.69. The molecule has 3 rings (SSSR count). The van der Waals surface area contributed by atoms with Crippen LogP contribution in [0, 0.1) is 9.49 Å². The van der Waals surface area contributed by atoms with E-state index < -0.39 is 6.09 Å². The molecule has 2 N–H and O–H groups in total. The molecule has 1 aromatic carbocycles. The van der Waals surface area contributed by atoms with E-state index >= 15 is 0 Å². The van der Waals surface area contributed by atoms with Gasteiger partial charge >= 0.3 is 6.09 Å². The lowest BCUT2D eigenvalue weighted by atomic mass is 9.97. The molecule has 4 nitrogen and oxygen atoms in total. The van der Waals surface area contributed by atoms with Crippen molar-refractivity contribution in [2.45, 2.75) is 31.2 Å². The van der Waals surface area contributed by atoms with Gasteiger partial charge in [0.15, 0.2) is 0 Å². The molecule has 5 heteroatoms. The fourth-order valence-corrected chi connectivity index (χ4v) is 3.50. The van der Waals surface area contributed by atoms with Gasteiger partial charge in [0.1, 0.15) is 0 Å². The minimum Gasteiger partial charge on any atom is -0.465 e. The molecular weight excluding hydrogens is 379 g/mol. The standard InChI is InChI=1S/C16H21IN2O2/c17-13-3-1-12(2-4-13)14-9-15(14)18-10-11-5-7-19(8-6-11)16(20)21/h1-4,11,14-15,18H,5-10H2,(H,20,21). The SMILES string of the molecule is O=C(O)N1CCC(CNC2CC2c2ccc(I)cc2)CC1. The van der Waals surface area contributed by atoms with E-state index in [1.165, 1.54) is 20.5 Å². The lowest BCUT2D eigenvalue weighted by Crippen LogP contribution is -2.40. The summed E-state index contributed by atoms with van der Waals surface area (Å²) in [5.74, 6) is 1.29. The van der Waals surface area contributed by atoms with Crippen LogP contribution >= 0.6 is 22.6 Å². The second-order valence-electron chi connectivity index (χ2n) is 6.12. The molecule has 1 amide bonds. The van der Waals surface area contributed by atoms with Crippen LogP contribution in [0.4, 0.5) is 4.79 Å². The van der Waals surface area contributed by atoms with Crippen molar-refractivity contribution in [2.75, 3.05) is 19.6 Å². The zero-order chi connectivity index (χ0) is 14.8. The Bertz CT molecular complexity index is 498. The number of carbonyl (C=O) groups is 1. The molecular formula is C16H21IN2O2. The van der Waals surface area contributed by atoms with Crippen molar-refractivity contribution in [1.29, 1.82) is 0 Å². The molecule has 2 aliphatic rings. The number of nitrogens with zero attached hydrogens (tertiary/aromatic N) is 1. The van der Waals surface area contributed by atoms with Crippen LogP contribution in [0.15, 0.2) is 24.3 Å². The van der Waals surface area contributed by atoms with E-state index in [9.17, 15) is 4.79 Å². The number of hydrogen-bond donors (Lipinski definition) is 2. The maximum absolute atomic E-state index is 10.9. The second-order valence-corrected chi connectivity index (χ2v) is 7.37. The predicted octanol–water partition coefficient (Wildman–Crippen LogP) is 3.13. The molecule has 1 aliphatic carbocycles. The molecule has 21 heavy (non-hydrogen) atoms. The Morgan fingerprint density at radius 2 is 1.95 bits per heavy atom. The highest BCUT2D eigenvalue weighted by Crippen LogP contribution is 2.41. The molecule has 1 saturated heterocycles. The molecule has 0 bridgehead atoms. The van der Waals surface area contributed by atoms with Crippen molar-refractivity contribution >= 4 is 28.7 Å². The molecule has 1 aliphatic heterocycles. The first-order chi connectivity index (χ1) is 10.1. The van der Waals surface area contributed by atoms with Gasteiger partial charge < -0.3 is 15.3 Å². The van der Waals surface area contributed by atoms with Gasteiger partial charge in [-0.1, -0.05) is 12.1 Å². The Morgan fingerprint density at radius 3 is 2.57 bits per heavy atom. The molecule has 114 valence electrons. The zero-order valence-electron chi connectivity index (χ0n) is 12.0. The number of rotatable bonds is 4. The van der Waals surface area contributed by atoms with Crippen molar-refractivity contribution in [2.24, 2.45) is 5.92 Å². The lowest BCUT2D eigenvalue weighted by molar-refractivity contribution is 0.124. The van der Waals surface area contributed by atoms with E-state index in [1.807, 2.05) is 0 Å². The van der Waals surface area contributed by atoms with Crippen molar-refractivity contribution in [1.82, 2.24) is 10.2 Å². The smallest absolute Gasteiger partial charge is 0.407 e. The first-order valence-electron chi connectivity index (χ1n) is 7.60. The van der Waals surface area contributed by atoms with Gasteiger partial charge in [-0.3, -0.25) is 0 Å². The van der Waals surface area contributed by atoms with Crippen LogP contribution < -0.4 is 5.32 Å². The maximum atomic E-state index is 10.9. The van der Waals surface area contributed by atoms with E-state index in [0.717, 1.165) is 19.4 Å². The van der Waals surface area contributed by atoms with Gasteiger partial charge in [0.25, 0.3) is 0 Å². The van der Waals surface area contributed by atoms with Crippen molar-refractivity contribution in [3.63, 3.8) is 0 Å². The molecule has 1 heterocycles. The lowest BCUT2D eigenvalue weighted by Gasteiger charge is -2.30. The summed E-state index contributed by atoms with van der Waals surface area (Å²) in [7, 11) is 0. The summed E-state index contributed by atoms with van der Waals surface area (Å²) in [6.45, 7) is 2.40. The van der Waals surface area contributed by atoms with Crippen LogP contribution in [-0.2, 0) is 0 Å². The molecule has 0 radical (unpaired) electrons. The first-order valence-corrected chi connectivity index (χ1v) is 8.68.